The molecule has 3 N–H and O–H groups in total. The molecule has 0 radical (unpaired) electrons. The number of aromatic amines is 1. The molecule has 0 aliphatic rings. The fourth-order valence-electron chi connectivity index (χ4n) is 3.41. The zero-order chi connectivity index (χ0) is 21.8. The van der Waals surface area contributed by atoms with Crippen LogP contribution in [-0.2, 0) is 11.2 Å². The number of nitrogens with zero attached hydrogens (tertiary/aromatic N) is 1. The molecule has 0 spiro atoms. The third-order valence-corrected chi connectivity index (χ3v) is 5.81. The second kappa shape index (κ2) is 9.52. The van der Waals surface area contributed by atoms with Gasteiger partial charge in [-0.3, -0.25) is 4.79 Å². The van der Waals surface area contributed by atoms with E-state index in [1.807, 2.05) is 30.3 Å². The van der Waals surface area contributed by atoms with Gasteiger partial charge in [0.25, 0.3) is 0 Å². The van der Waals surface area contributed by atoms with Crippen molar-refractivity contribution in [3.05, 3.63) is 88.2 Å². The van der Waals surface area contributed by atoms with E-state index in [0.717, 1.165) is 16.7 Å². The van der Waals surface area contributed by atoms with E-state index in [-0.39, 0.29) is 12.5 Å². The maximum absolute atomic E-state index is 12.5. The van der Waals surface area contributed by atoms with Crippen molar-refractivity contribution in [1.82, 2.24) is 15.3 Å². The van der Waals surface area contributed by atoms with Crippen molar-refractivity contribution in [2.45, 2.75) is 18.9 Å². The molecule has 31 heavy (non-hydrogen) atoms. The molecule has 1 heterocycles. The molecule has 158 valence electrons. The number of aryl methyl sites for hydroxylation is 1. The molecule has 4 rings (SSSR count). The number of aliphatic hydroxyl groups is 1. The Labute approximate surface area is 190 Å². The van der Waals surface area contributed by atoms with Gasteiger partial charge in [0.2, 0.25) is 5.91 Å². The van der Waals surface area contributed by atoms with Crippen molar-refractivity contribution in [1.29, 1.82) is 0 Å². The molecule has 0 aliphatic carbocycles. The van der Waals surface area contributed by atoms with Gasteiger partial charge in [0.05, 0.1) is 27.7 Å². The standard InChI is InChI=1S/C24H21Cl2N3O2/c25-18-12-20-21(13-19(18)26)29-24(28-20)22(14-30)27-23(31)11-8-15-6-9-17(10-7-15)16-4-2-1-3-5-16/h1-7,9-10,12-13,22,30H,8,11,14H2,(H,27,31)(H,28,29)/t22-/m0/s1. The van der Waals surface area contributed by atoms with Crippen molar-refractivity contribution in [2.75, 3.05) is 6.61 Å². The molecule has 1 amide bonds. The van der Waals surface area contributed by atoms with Gasteiger partial charge in [-0.05, 0) is 35.2 Å². The summed E-state index contributed by atoms with van der Waals surface area (Å²) in [4.78, 5) is 20.0. The lowest BCUT2D eigenvalue weighted by Crippen LogP contribution is -2.31. The minimum absolute atomic E-state index is 0.164. The van der Waals surface area contributed by atoms with Crippen LogP contribution in [0.5, 0.6) is 0 Å². The Morgan fingerprint density at radius 1 is 1.00 bits per heavy atom. The number of aliphatic hydroxyl groups excluding tert-OH is 1. The molecule has 7 heteroatoms. The first kappa shape index (κ1) is 21.4. The molecular formula is C24H21Cl2N3O2. The number of rotatable bonds is 7. The van der Waals surface area contributed by atoms with Gasteiger partial charge >= 0.3 is 0 Å². The van der Waals surface area contributed by atoms with Gasteiger partial charge in [-0.15, -0.1) is 0 Å². The SMILES string of the molecule is O=C(CCc1ccc(-c2ccccc2)cc1)N[C@@H](CO)c1nc2cc(Cl)c(Cl)cc2[nH]1. The normalized spacial score (nSPS) is 12.1. The van der Waals surface area contributed by atoms with Crippen LogP contribution in [0.4, 0.5) is 0 Å². The molecule has 3 aromatic carbocycles. The van der Waals surface area contributed by atoms with E-state index >= 15 is 0 Å². The Morgan fingerprint density at radius 3 is 2.39 bits per heavy atom. The summed E-state index contributed by atoms with van der Waals surface area (Å²) < 4.78 is 0. The van der Waals surface area contributed by atoms with Gasteiger partial charge in [0.15, 0.2) is 0 Å². The van der Waals surface area contributed by atoms with Crippen LogP contribution in [-0.4, -0.2) is 27.6 Å². The number of aromatic nitrogens is 2. The van der Waals surface area contributed by atoms with Gasteiger partial charge in [0.1, 0.15) is 11.9 Å². The number of hydrogen-bond donors (Lipinski definition) is 3. The van der Waals surface area contributed by atoms with E-state index in [1.54, 1.807) is 12.1 Å². The maximum Gasteiger partial charge on any atom is 0.220 e. The molecular weight excluding hydrogens is 433 g/mol. The lowest BCUT2D eigenvalue weighted by Gasteiger charge is -2.14. The minimum atomic E-state index is -0.641. The van der Waals surface area contributed by atoms with E-state index in [4.69, 9.17) is 23.2 Å². The van der Waals surface area contributed by atoms with Crippen molar-refractivity contribution < 1.29 is 9.90 Å². The fourth-order valence-corrected chi connectivity index (χ4v) is 3.73. The van der Waals surface area contributed by atoms with Crippen molar-refractivity contribution in [3.8, 4) is 11.1 Å². The summed E-state index contributed by atoms with van der Waals surface area (Å²) in [5.74, 6) is 0.291. The number of fused-ring (bicyclic) bond motifs is 1. The quantitative estimate of drug-likeness (QED) is 0.354. The van der Waals surface area contributed by atoms with Crippen LogP contribution >= 0.6 is 23.2 Å². The molecule has 4 aromatic rings. The molecule has 0 saturated heterocycles. The van der Waals surface area contributed by atoms with Crippen molar-refractivity contribution >= 4 is 40.1 Å². The van der Waals surface area contributed by atoms with E-state index in [0.29, 0.717) is 39.7 Å². The first-order valence-electron chi connectivity index (χ1n) is 9.92. The average Bonchev–Trinajstić information content (AvgIpc) is 3.19. The summed E-state index contributed by atoms with van der Waals surface area (Å²) in [6, 6.07) is 21.0. The Balaban J connectivity index is 1.37. The number of hydrogen-bond acceptors (Lipinski definition) is 3. The predicted octanol–water partition coefficient (Wildman–Crippen LogP) is 5.32. The lowest BCUT2D eigenvalue weighted by molar-refractivity contribution is -0.122. The van der Waals surface area contributed by atoms with Crippen molar-refractivity contribution in [2.24, 2.45) is 0 Å². The van der Waals surface area contributed by atoms with Gasteiger partial charge in [0, 0.05) is 6.42 Å². The first-order chi connectivity index (χ1) is 15.0. The van der Waals surface area contributed by atoms with E-state index in [1.165, 1.54) is 0 Å². The molecule has 0 aliphatic heterocycles. The summed E-state index contributed by atoms with van der Waals surface area (Å²) in [7, 11) is 0. The highest BCUT2D eigenvalue weighted by Crippen LogP contribution is 2.27. The number of H-pyrrole nitrogens is 1. The summed E-state index contributed by atoms with van der Waals surface area (Å²) in [5.41, 5.74) is 4.68. The summed E-state index contributed by atoms with van der Waals surface area (Å²) >= 11 is 12.1. The highest BCUT2D eigenvalue weighted by atomic mass is 35.5. The third kappa shape index (κ3) is 5.07. The topological polar surface area (TPSA) is 78.0 Å². The van der Waals surface area contributed by atoms with Crippen LogP contribution in [0.25, 0.3) is 22.2 Å². The lowest BCUT2D eigenvalue weighted by atomic mass is 10.0. The zero-order valence-electron chi connectivity index (χ0n) is 16.6. The predicted molar refractivity (Wildman–Crippen MR) is 124 cm³/mol. The van der Waals surface area contributed by atoms with Crippen LogP contribution in [0.2, 0.25) is 10.0 Å². The van der Waals surface area contributed by atoms with E-state index < -0.39 is 6.04 Å². The number of benzene rings is 3. The number of carbonyl (C=O) groups excluding carboxylic acids is 1. The third-order valence-electron chi connectivity index (χ3n) is 5.09. The molecule has 0 unspecified atom stereocenters. The Kier molecular flexibility index (Phi) is 6.56. The average molecular weight is 454 g/mol. The van der Waals surface area contributed by atoms with Gasteiger partial charge < -0.3 is 15.4 Å². The molecule has 1 atom stereocenters. The monoisotopic (exact) mass is 453 g/mol. The number of nitrogens with one attached hydrogen (secondary N) is 2. The second-order valence-corrected chi connectivity index (χ2v) is 8.09. The number of amides is 1. The summed E-state index contributed by atoms with van der Waals surface area (Å²) in [6.45, 7) is -0.279. The van der Waals surface area contributed by atoms with Crippen LogP contribution in [0.3, 0.4) is 0 Å². The summed E-state index contributed by atoms with van der Waals surface area (Å²) in [5, 5.41) is 13.4. The molecule has 0 saturated carbocycles. The number of carbonyl (C=O) groups is 1. The minimum Gasteiger partial charge on any atom is -0.394 e. The molecule has 1 aromatic heterocycles. The van der Waals surface area contributed by atoms with Gasteiger partial charge in [-0.1, -0.05) is 77.8 Å². The van der Waals surface area contributed by atoms with Crippen LogP contribution in [0.15, 0.2) is 66.7 Å². The van der Waals surface area contributed by atoms with Crippen LogP contribution < -0.4 is 5.32 Å². The Morgan fingerprint density at radius 2 is 1.68 bits per heavy atom. The highest BCUT2D eigenvalue weighted by Gasteiger charge is 2.18. The number of halogens is 2. The molecule has 0 fully saturated rings. The fraction of sp³-hybridized carbons (Fsp3) is 0.167. The molecule has 0 bridgehead atoms. The smallest absolute Gasteiger partial charge is 0.220 e. The van der Waals surface area contributed by atoms with Crippen LogP contribution in [0, 0.1) is 0 Å². The Hall–Kier alpha value is -2.86. The van der Waals surface area contributed by atoms with Gasteiger partial charge in [-0.25, -0.2) is 4.98 Å². The van der Waals surface area contributed by atoms with Crippen LogP contribution in [0.1, 0.15) is 23.9 Å². The zero-order valence-corrected chi connectivity index (χ0v) is 18.1. The van der Waals surface area contributed by atoms with E-state index in [2.05, 4.69) is 39.6 Å². The highest BCUT2D eigenvalue weighted by molar-refractivity contribution is 6.42. The largest absolute Gasteiger partial charge is 0.394 e. The van der Waals surface area contributed by atoms with Gasteiger partial charge in [-0.2, -0.15) is 0 Å². The molecule has 5 nitrogen and oxygen atoms in total. The first-order valence-corrected chi connectivity index (χ1v) is 10.7. The summed E-state index contributed by atoms with van der Waals surface area (Å²) in [6.07, 6.45) is 0.906. The Bertz CT molecular complexity index is 1150. The number of imidazole rings is 1. The maximum atomic E-state index is 12.5. The van der Waals surface area contributed by atoms with Crippen molar-refractivity contribution in [3.63, 3.8) is 0 Å². The second-order valence-electron chi connectivity index (χ2n) is 7.27. The van der Waals surface area contributed by atoms with E-state index in [9.17, 15) is 9.90 Å².